The summed E-state index contributed by atoms with van der Waals surface area (Å²) in [6, 6.07) is 0. The molecule has 0 aliphatic carbocycles. The molecule has 0 bridgehead atoms. The van der Waals surface area contributed by atoms with Crippen molar-refractivity contribution in [3.8, 4) is 0 Å². The summed E-state index contributed by atoms with van der Waals surface area (Å²) < 4.78 is 8.08. The summed E-state index contributed by atoms with van der Waals surface area (Å²) in [6.45, 7) is 10.8. The highest BCUT2D eigenvalue weighted by molar-refractivity contribution is 6.64. The predicted octanol–water partition coefficient (Wildman–Crippen LogP) is 3.45. The summed E-state index contributed by atoms with van der Waals surface area (Å²) in [6.07, 6.45) is 16.6. The lowest BCUT2D eigenvalue weighted by Gasteiger charge is -2.40. The second-order valence-electron chi connectivity index (χ2n) is 7.79. The van der Waals surface area contributed by atoms with Crippen molar-refractivity contribution in [2.75, 3.05) is 19.6 Å². The Hall–Kier alpha value is 0.0748. The fourth-order valence-electron chi connectivity index (χ4n) is 3.69. The van der Waals surface area contributed by atoms with Gasteiger partial charge in [-0.3, -0.25) is 0 Å². The molecule has 0 N–H and O–H groups in total. The molecule has 6 heteroatoms. The molecule has 0 atom stereocenters. The second-order valence-corrected chi connectivity index (χ2v) is 7.79. The number of rotatable bonds is 15. The van der Waals surface area contributed by atoms with Crippen LogP contribution in [-0.4, -0.2) is 56.4 Å². The average molecular weight is 333 g/mol. The van der Waals surface area contributed by atoms with Gasteiger partial charge in [0.25, 0.3) is 22.6 Å². The minimum atomic E-state index is 1.20. The molecule has 1 fully saturated rings. The first-order chi connectivity index (χ1) is 11.8. The molecule has 0 spiro atoms. The first kappa shape index (κ1) is 22.1. The van der Waals surface area contributed by atoms with Gasteiger partial charge in [0.15, 0.2) is 0 Å². The van der Waals surface area contributed by atoms with E-state index in [1.165, 1.54) is 119 Å². The molecule has 0 amide bonds. The van der Waals surface area contributed by atoms with E-state index in [1.807, 2.05) is 0 Å². The van der Waals surface area contributed by atoms with Gasteiger partial charge in [-0.1, -0.05) is 78.6 Å². The third-order valence-corrected chi connectivity index (χ3v) is 5.18. The molecule has 1 aliphatic heterocycles. The molecular weight excluding hydrogens is 291 g/mol. The van der Waals surface area contributed by atoms with Crippen molar-refractivity contribution < 1.29 is 0 Å². The molecule has 0 radical (unpaired) electrons. The average Bonchev–Trinajstić information content (AvgIpc) is 2.59. The van der Waals surface area contributed by atoms with Crippen LogP contribution >= 0.6 is 0 Å². The minimum absolute atomic E-state index is 1.20. The van der Waals surface area contributed by atoms with Crippen LogP contribution < -0.4 is 0 Å². The Kier molecular flexibility index (Phi) is 14.1. The van der Waals surface area contributed by atoms with E-state index < -0.39 is 0 Å². The maximum absolute atomic E-state index is 2.69. The second kappa shape index (κ2) is 15.3. The number of hydrogen-bond acceptors (Lipinski definition) is 3. The lowest BCUT2D eigenvalue weighted by molar-refractivity contribution is 0.444. The van der Waals surface area contributed by atoms with Crippen molar-refractivity contribution in [2.45, 2.75) is 97.8 Å². The lowest BCUT2D eigenvalue weighted by Crippen LogP contribution is -2.61. The fraction of sp³-hybridized carbons (Fsp3) is 1.00. The lowest BCUT2D eigenvalue weighted by atomic mass is 9.73. The topological polar surface area (TPSA) is 9.72 Å². The van der Waals surface area contributed by atoms with E-state index in [0.717, 1.165) is 0 Å². The Labute approximate surface area is 154 Å². The Morgan fingerprint density at radius 2 is 0.708 bits per heavy atom. The molecular formula is C18H42B3N3. The van der Waals surface area contributed by atoms with Gasteiger partial charge in [-0.15, -0.1) is 0 Å². The van der Waals surface area contributed by atoms with Crippen molar-refractivity contribution in [3.63, 3.8) is 0 Å². The highest BCUT2D eigenvalue weighted by atomic mass is 15.3. The van der Waals surface area contributed by atoms with Gasteiger partial charge in [0, 0.05) is 0 Å². The molecule has 0 unspecified atom stereocenters. The van der Waals surface area contributed by atoms with E-state index in [4.69, 9.17) is 0 Å². The number of nitrogens with zero attached hydrogens (tertiary/aromatic N) is 3. The molecule has 3 nitrogen and oxygen atoms in total. The zero-order valence-corrected chi connectivity index (χ0v) is 17.1. The minimum Gasteiger partial charge on any atom is -0.363 e. The van der Waals surface area contributed by atoms with E-state index in [-0.39, 0.29) is 0 Å². The molecule has 1 aliphatic rings. The first-order valence-electron chi connectivity index (χ1n) is 11.0. The molecule has 0 saturated carbocycles. The molecule has 1 saturated heterocycles. The molecule has 0 aromatic rings. The summed E-state index contributed by atoms with van der Waals surface area (Å²) in [5, 5.41) is 0. The normalized spacial score (nSPS) is 16.6. The van der Waals surface area contributed by atoms with Crippen LogP contribution in [0.1, 0.15) is 97.8 Å². The molecule has 1 heterocycles. The largest absolute Gasteiger partial charge is 0.363 e. The van der Waals surface area contributed by atoms with Gasteiger partial charge >= 0.3 is 0 Å². The smallest absolute Gasteiger partial charge is 0.270 e. The van der Waals surface area contributed by atoms with E-state index in [9.17, 15) is 0 Å². The molecule has 138 valence electrons. The van der Waals surface area contributed by atoms with Gasteiger partial charge in [-0.2, -0.15) is 0 Å². The van der Waals surface area contributed by atoms with Crippen LogP contribution in [0.15, 0.2) is 0 Å². The third kappa shape index (κ3) is 10.8. The maximum Gasteiger partial charge on any atom is 0.270 e. The summed E-state index contributed by atoms with van der Waals surface area (Å²) in [5.41, 5.74) is 0. The van der Waals surface area contributed by atoms with E-state index in [0.29, 0.717) is 0 Å². The van der Waals surface area contributed by atoms with E-state index in [2.05, 4.69) is 34.9 Å². The van der Waals surface area contributed by atoms with Gasteiger partial charge in [-0.05, 0) is 38.9 Å². The van der Waals surface area contributed by atoms with Crippen LogP contribution in [0.3, 0.4) is 0 Å². The van der Waals surface area contributed by atoms with Gasteiger partial charge in [0.05, 0.1) is 0 Å². The van der Waals surface area contributed by atoms with Crippen molar-refractivity contribution in [3.05, 3.63) is 0 Å². The van der Waals surface area contributed by atoms with Crippen molar-refractivity contribution in [1.29, 1.82) is 0 Å². The molecule has 24 heavy (non-hydrogen) atoms. The fourth-order valence-corrected chi connectivity index (χ4v) is 3.69. The van der Waals surface area contributed by atoms with Crippen LogP contribution in [-0.2, 0) is 0 Å². The Morgan fingerprint density at radius 3 is 0.958 bits per heavy atom. The zero-order chi connectivity index (χ0) is 17.5. The van der Waals surface area contributed by atoms with Crippen LogP contribution in [0.5, 0.6) is 0 Å². The quantitative estimate of drug-likeness (QED) is 0.336. The standard InChI is InChI=1S/C18H42B3N3/c1-4-7-10-13-16-22-19-23(17-14-11-8-5-2)21-24(20-22)18-15-12-9-6-3/h19-21H,4-18H2,1-3H3. The summed E-state index contributed by atoms with van der Waals surface area (Å²) in [7, 11) is 3.59. The van der Waals surface area contributed by atoms with Crippen LogP contribution in [0.25, 0.3) is 0 Å². The van der Waals surface area contributed by atoms with Gasteiger partial charge in [0.1, 0.15) is 0 Å². The van der Waals surface area contributed by atoms with Gasteiger partial charge < -0.3 is 14.2 Å². The molecule has 1 rings (SSSR count). The monoisotopic (exact) mass is 333 g/mol. The van der Waals surface area contributed by atoms with Crippen molar-refractivity contribution >= 4 is 22.6 Å². The molecule has 0 aromatic carbocycles. The highest BCUT2D eigenvalue weighted by Gasteiger charge is 2.26. The van der Waals surface area contributed by atoms with Crippen LogP contribution in [0.4, 0.5) is 0 Å². The number of hydrogen-bond donors (Lipinski definition) is 0. The van der Waals surface area contributed by atoms with Crippen molar-refractivity contribution in [2.24, 2.45) is 0 Å². The predicted molar refractivity (Wildman–Crippen MR) is 114 cm³/mol. The summed E-state index contributed by atoms with van der Waals surface area (Å²) >= 11 is 0. The van der Waals surface area contributed by atoms with E-state index in [1.54, 1.807) is 0 Å². The maximum atomic E-state index is 2.69. The van der Waals surface area contributed by atoms with Gasteiger partial charge in [-0.25, -0.2) is 0 Å². The Bertz CT molecular complexity index is 233. The highest BCUT2D eigenvalue weighted by Crippen LogP contribution is 2.09. The first-order valence-corrected chi connectivity index (χ1v) is 11.0. The zero-order valence-electron chi connectivity index (χ0n) is 17.1. The SMILES string of the molecule is CCCCCCN1BN(CCCCCC)BN(CCCCCC)B1. The van der Waals surface area contributed by atoms with Crippen LogP contribution in [0, 0.1) is 0 Å². The Morgan fingerprint density at radius 1 is 0.417 bits per heavy atom. The Balaban J connectivity index is 2.33. The summed E-state index contributed by atoms with van der Waals surface area (Å²) in [4.78, 5) is 0. The third-order valence-electron chi connectivity index (χ3n) is 5.18. The summed E-state index contributed by atoms with van der Waals surface area (Å²) in [5.74, 6) is 0. The van der Waals surface area contributed by atoms with Gasteiger partial charge in [0.2, 0.25) is 0 Å². The molecule has 0 aromatic heterocycles. The van der Waals surface area contributed by atoms with Crippen molar-refractivity contribution in [1.82, 2.24) is 14.2 Å². The van der Waals surface area contributed by atoms with E-state index >= 15 is 0 Å². The number of unbranched alkanes of at least 4 members (excludes halogenated alkanes) is 9. The van der Waals surface area contributed by atoms with Crippen LogP contribution in [0.2, 0.25) is 0 Å².